The second kappa shape index (κ2) is 9.48. The smallest absolute Gasteiger partial charge is 0.232 e. The van der Waals surface area contributed by atoms with Crippen LogP contribution in [-0.2, 0) is 10.0 Å². The van der Waals surface area contributed by atoms with Crippen molar-refractivity contribution >= 4 is 32.8 Å². The van der Waals surface area contributed by atoms with Crippen LogP contribution in [0.25, 0.3) is 0 Å². The molecule has 0 spiro atoms. The summed E-state index contributed by atoms with van der Waals surface area (Å²) >= 11 is 0. The van der Waals surface area contributed by atoms with Crippen LogP contribution in [0.2, 0.25) is 0 Å². The minimum absolute atomic E-state index is 0.155. The zero-order valence-electron chi connectivity index (χ0n) is 15.8. The average molecular weight is 376 g/mol. The highest BCUT2D eigenvalue weighted by Crippen LogP contribution is 2.22. The molecule has 5 nitrogen and oxygen atoms in total. The fraction of sp³-hybridized carbons (Fsp3) is 0.400. The first-order valence-electron chi connectivity index (χ1n) is 9.20. The third kappa shape index (κ3) is 5.95. The van der Waals surface area contributed by atoms with Crippen LogP contribution in [0.15, 0.2) is 48.5 Å². The number of nitrogens with one attached hydrogen (secondary N) is 2. The first-order valence-corrected chi connectivity index (χ1v) is 10.8. The van der Waals surface area contributed by atoms with Gasteiger partial charge in [0.05, 0.1) is 5.75 Å². The monoisotopic (exact) mass is 375 g/mol. The lowest BCUT2D eigenvalue weighted by Crippen LogP contribution is -2.21. The van der Waals surface area contributed by atoms with Crippen molar-refractivity contribution in [3.05, 3.63) is 48.5 Å². The lowest BCUT2D eigenvalue weighted by Gasteiger charge is -2.21. The number of unbranched alkanes of at least 4 members (excludes halogenated alkanes) is 1. The SMILES string of the molecule is CCCCS(=O)(=O)Nc1ccc(Nc2ccc(N(CC)CC)cc2)cc1. The Morgan fingerprint density at radius 3 is 1.81 bits per heavy atom. The second-order valence-corrected chi connectivity index (χ2v) is 8.04. The molecule has 0 radical (unpaired) electrons. The predicted octanol–water partition coefficient (Wildman–Crippen LogP) is 4.82. The molecule has 26 heavy (non-hydrogen) atoms. The van der Waals surface area contributed by atoms with Gasteiger partial charge in [-0.3, -0.25) is 4.72 Å². The topological polar surface area (TPSA) is 61.4 Å². The van der Waals surface area contributed by atoms with Crippen molar-refractivity contribution in [2.24, 2.45) is 0 Å². The van der Waals surface area contributed by atoms with Crippen LogP contribution < -0.4 is 14.9 Å². The maximum absolute atomic E-state index is 11.9. The molecule has 142 valence electrons. The van der Waals surface area contributed by atoms with E-state index in [-0.39, 0.29) is 5.75 Å². The van der Waals surface area contributed by atoms with Crippen LogP contribution in [0.3, 0.4) is 0 Å². The summed E-state index contributed by atoms with van der Waals surface area (Å²) in [6, 6.07) is 15.6. The zero-order valence-corrected chi connectivity index (χ0v) is 16.6. The Kier molecular flexibility index (Phi) is 7.33. The molecular weight excluding hydrogens is 346 g/mol. The Bertz CT molecular complexity index is 768. The van der Waals surface area contributed by atoms with Gasteiger partial charge in [0.25, 0.3) is 0 Å². The number of rotatable bonds is 10. The molecule has 0 aromatic heterocycles. The highest BCUT2D eigenvalue weighted by Gasteiger charge is 2.09. The third-order valence-electron chi connectivity index (χ3n) is 4.21. The lowest BCUT2D eigenvalue weighted by atomic mass is 10.2. The van der Waals surface area contributed by atoms with Crippen LogP contribution in [0.5, 0.6) is 0 Å². The molecule has 2 aromatic rings. The van der Waals surface area contributed by atoms with Crippen LogP contribution in [-0.4, -0.2) is 27.3 Å². The number of hydrogen-bond acceptors (Lipinski definition) is 4. The molecule has 0 bridgehead atoms. The minimum atomic E-state index is -3.26. The molecule has 0 aliphatic heterocycles. The van der Waals surface area contributed by atoms with Gasteiger partial charge in [-0.1, -0.05) is 13.3 Å². The molecule has 0 amide bonds. The average Bonchev–Trinajstić information content (AvgIpc) is 2.64. The molecule has 2 N–H and O–H groups in total. The summed E-state index contributed by atoms with van der Waals surface area (Å²) in [4.78, 5) is 2.29. The molecule has 0 aliphatic rings. The molecule has 2 aromatic carbocycles. The normalized spacial score (nSPS) is 11.2. The van der Waals surface area contributed by atoms with Crippen molar-refractivity contribution in [2.75, 3.05) is 33.8 Å². The molecule has 0 heterocycles. The standard InChI is InChI=1S/C20H29N3O2S/c1-4-7-16-26(24,25)22-19-10-8-17(9-11-19)21-18-12-14-20(15-13-18)23(5-2)6-3/h8-15,21-22H,4-7,16H2,1-3H3. The van der Waals surface area contributed by atoms with Gasteiger partial charge in [0.1, 0.15) is 0 Å². The van der Waals surface area contributed by atoms with Gasteiger partial charge in [-0.2, -0.15) is 0 Å². The van der Waals surface area contributed by atoms with E-state index in [1.165, 1.54) is 5.69 Å². The van der Waals surface area contributed by atoms with Crippen LogP contribution >= 0.6 is 0 Å². The number of hydrogen-bond donors (Lipinski definition) is 2. The van der Waals surface area contributed by atoms with E-state index in [4.69, 9.17) is 0 Å². The van der Waals surface area contributed by atoms with E-state index < -0.39 is 10.0 Å². The van der Waals surface area contributed by atoms with Crippen molar-refractivity contribution in [1.82, 2.24) is 0 Å². The maximum atomic E-state index is 11.9. The van der Waals surface area contributed by atoms with E-state index in [1.54, 1.807) is 12.1 Å². The number of benzene rings is 2. The second-order valence-electron chi connectivity index (χ2n) is 6.20. The van der Waals surface area contributed by atoms with E-state index in [9.17, 15) is 8.42 Å². The van der Waals surface area contributed by atoms with E-state index in [2.05, 4.69) is 53.1 Å². The summed E-state index contributed by atoms with van der Waals surface area (Å²) < 4.78 is 26.5. The van der Waals surface area contributed by atoms with Crippen molar-refractivity contribution in [3.8, 4) is 0 Å². The molecule has 0 aliphatic carbocycles. The van der Waals surface area contributed by atoms with Gasteiger partial charge >= 0.3 is 0 Å². The number of anilines is 4. The quantitative estimate of drug-likeness (QED) is 0.625. The fourth-order valence-electron chi connectivity index (χ4n) is 2.70. The van der Waals surface area contributed by atoms with Gasteiger partial charge in [-0.15, -0.1) is 0 Å². The molecule has 2 rings (SSSR count). The van der Waals surface area contributed by atoms with E-state index >= 15 is 0 Å². The molecule has 0 saturated carbocycles. The van der Waals surface area contributed by atoms with Crippen molar-refractivity contribution in [2.45, 2.75) is 33.6 Å². The molecule has 0 atom stereocenters. The molecule has 0 saturated heterocycles. The number of sulfonamides is 1. The predicted molar refractivity (Wildman–Crippen MR) is 112 cm³/mol. The summed E-state index contributed by atoms with van der Waals surface area (Å²) in [7, 11) is -3.26. The minimum Gasteiger partial charge on any atom is -0.372 e. The van der Waals surface area contributed by atoms with Gasteiger partial charge in [-0.05, 0) is 68.8 Å². The Morgan fingerprint density at radius 1 is 0.808 bits per heavy atom. The Hall–Kier alpha value is -2.21. The molecule has 6 heteroatoms. The van der Waals surface area contributed by atoms with Gasteiger partial charge < -0.3 is 10.2 Å². The summed E-state index contributed by atoms with van der Waals surface area (Å²) in [5.74, 6) is 0.155. The first kappa shape index (κ1) is 20.1. The summed E-state index contributed by atoms with van der Waals surface area (Å²) in [5, 5.41) is 3.33. The molecule has 0 unspecified atom stereocenters. The highest BCUT2D eigenvalue weighted by molar-refractivity contribution is 7.92. The van der Waals surface area contributed by atoms with Gasteiger partial charge in [-0.25, -0.2) is 8.42 Å². The van der Waals surface area contributed by atoms with Gasteiger partial charge in [0, 0.05) is 35.8 Å². The highest BCUT2D eigenvalue weighted by atomic mass is 32.2. The maximum Gasteiger partial charge on any atom is 0.232 e. The zero-order chi connectivity index (χ0) is 19.0. The Balaban J connectivity index is 1.98. The Morgan fingerprint density at radius 2 is 1.31 bits per heavy atom. The third-order valence-corrected chi connectivity index (χ3v) is 5.58. The van der Waals surface area contributed by atoms with E-state index in [0.29, 0.717) is 12.1 Å². The Labute approximate surface area is 157 Å². The largest absolute Gasteiger partial charge is 0.372 e. The number of nitrogens with zero attached hydrogens (tertiary/aromatic N) is 1. The molecular formula is C20H29N3O2S. The fourth-order valence-corrected chi connectivity index (χ4v) is 3.96. The van der Waals surface area contributed by atoms with Crippen molar-refractivity contribution in [1.29, 1.82) is 0 Å². The summed E-state index contributed by atoms with van der Waals surface area (Å²) in [6.45, 7) is 8.24. The lowest BCUT2D eigenvalue weighted by molar-refractivity contribution is 0.598. The molecule has 0 fully saturated rings. The summed E-state index contributed by atoms with van der Waals surface area (Å²) in [6.07, 6.45) is 1.52. The summed E-state index contributed by atoms with van der Waals surface area (Å²) in [5.41, 5.74) is 3.70. The first-order chi connectivity index (χ1) is 12.5. The van der Waals surface area contributed by atoms with Crippen molar-refractivity contribution in [3.63, 3.8) is 0 Å². The van der Waals surface area contributed by atoms with Gasteiger partial charge in [0.15, 0.2) is 0 Å². The van der Waals surface area contributed by atoms with Gasteiger partial charge in [0.2, 0.25) is 10.0 Å². The van der Waals surface area contributed by atoms with Crippen molar-refractivity contribution < 1.29 is 8.42 Å². The van der Waals surface area contributed by atoms with Crippen LogP contribution in [0.1, 0.15) is 33.6 Å². The van der Waals surface area contributed by atoms with Crippen LogP contribution in [0.4, 0.5) is 22.7 Å². The van der Waals surface area contributed by atoms with Crippen LogP contribution in [0, 0.1) is 0 Å². The van der Waals surface area contributed by atoms with E-state index in [1.807, 2.05) is 19.1 Å². The van der Waals surface area contributed by atoms with E-state index in [0.717, 1.165) is 30.9 Å².